The Morgan fingerprint density at radius 2 is 2.12 bits per heavy atom. The predicted octanol–water partition coefficient (Wildman–Crippen LogP) is 1.13. The Balaban J connectivity index is 2.52. The van der Waals surface area contributed by atoms with Crippen LogP contribution in [0.4, 0.5) is 0 Å². The lowest BCUT2D eigenvalue weighted by Crippen LogP contribution is -2.26. The van der Waals surface area contributed by atoms with Gasteiger partial charge < -0.3 is 14.8 Å². The van der Waals surface area contributed by atoms with E-state index in [2.05, 4.69) is 5.32 Å². The molecule has 1 N–H and O–H groups in total. The third-order valence-corrected chi connectivity index (χ3v) is 2.87. The number of esters is 1. The maximum Gasteiger partial charge on any atom is 0.338 e. The first kappa shape index (κ1) is 11.0. The molecule has 1 aliphatic heterocycles. The molecular weight excluding hydrogens is 206 g/mol. The molecule has 0 amide bonds. The van der Waals surface area contributed by atoms with Crippen molar-refractivity contribution in [3.05, 3.63) is 28.8 Å². The second kappa shape index (κ2) is 4.53. The van der Waals surface area contributed by atoms with Gasteiger partial charge in [0.1, 0.15) is 5.75 Å². The van der Waals surface area contributed by atoms with Crippen LogP contribution in [0.5, 0.6) is 5.75 Å². The summed E-state index contributed by atoms with van der Waals surface area (Å²) in [5, 5.41) is 3.27. The van der Waals surface area contributed by atoms with Gasteiger partial charge in [-0.15, -0.1) is 0 Å². The quantitative estimate of drug-likeness (QED) is 0.760. The van der Waals surface area contributed by atoms with Gasteiger partial charge in [-0.25, -0.2) is 4.79 Å². The third-order valence-electron chi connectivity index (χ3n) is 2.87. The number of carbonyl (C=O) groups excluding carboxylic acids is 1. The maximum atomic E-state index is 11.6. The summed E-state index contributed by atoms with van der Waals surface area (Å²) in [4.78, 5) is 11.6. The molecule has 86 valence electrons. The largest absolute Gasteiger partial charge is 0.496 e. The molecule has 0 aromatic heterocycles. The van der Waals surface area contributed by atoms with Crippen molar-refractivity contribution in [1.29, 1.82) is 0 Å². The van der Waals surface area contributed by atoms with Crippen molar-refractivity contribution >= 4 is 5.97 Å². The van der Waals surface area contributed by atoms with Gasteiger partial charge in [-0.3, -0.25) is 0 Å². The second-order valence-electron chi connectivity index (χ2n) is 3.69. The van der Waals surface area contributed by atoms with Crippen LogP contribution in [-0.2, 0) is 17.7 Å². The van der Waals surface area contributed by atoms with Gasteiger partial charge in [-0.1, -0.05) is 0 Å². The van der Waals surface area contributed by atoms with Gasteiger partial charge in [-0.2, -0.15) is 0 Å². The number of methoxy groups -OCH3 is 2. The Labute approximate surface area is 94.6 Å². The molecule has 0 radical (unpaired) electrons. The van der Waals surface area contributed by atoms with E-state index in [1.165, 1.54) is 7.11 Å². The van der Waals surface area contributed by atoms with Gasteiger partial charge in [0.25, 0.3) is 0 Å². The molecule has 0 fully saturated rings. The normalized spacial score (nSPS) is 14.1. The first-order valence-electron chi connectivity index (χ1n) is 5.25. The average Bonchev–Trinajstić information content (AvgIpc) is 2.36. The van der Waals surface area contributed by atoms with Gasteiger partial charge in [0.05, 0.1) is 19.8 Å². The Morgan fingerprint density at radius 3 is 2.81 bits per heavy atom. The molecule has 4 nitrogen and oxygen atoms in total. The lowest BCUT2D eigenvalue weighted by molar-refractivity contribution is 0.0599. The summed E-state index contributed by atoms with van der Waals surface area (Å²) < 4.78 is 10.1. The SMILES string of the molecule is COC(=O)c1ccc(OC)c2c1CCNC2. The fourth-order valence-electron chi connectivity index (χ4n) is 2.07. The summed E-state index contributed by atoms with van der Waals surface area (Å²) >= 11 is 0. The van der Waals surface area contributed by atoms with Crippen LogP contribution in [0.15, 0.2) is 12.1 Å². The van der Waals surface area contributed by atoms with Crippen molar-refractivity contribution in [2.75, 3.05) is 20.8 Å². The van der Waals surface area contributed by atoms with Gasteiger partial charge in [0.15, 0.2) is 0 Å². The van der Waals surface area contributed by atoms with E-state index in [9.17, 15) is 4.79 Å². The van der Waals surface area contributed by atoms with Crippen LogP contribution >= 0.6 is 0 Å². The molecule has 1 aromatic carbocycles. The van der Waals surface area contributed by atoms with Crippen molar-refractivity contribution < 1.29 is 14.3 Å². The Kier molecular flexibility index (Phi) is 3.10. The average molecular weight is 221 g/mol. The summed E-state index contributed by atoms with van der Waals surface area (Å²) in [6, 6.07) is 3.59. The number of carbonyl (C=O) groups is 1. The number of hydrogen-bond acceptors (Lipinski definition) is 4. The zero-order valence-corrected chi connectivity index (χ0v) is 9.50. The highest BCUT2D eigenvalue weighted by Gasteiger charge is 2.21. The molecule has 0 bridgehead atoms. The van der Waals surface area contributed by atoms with Crippen molar-refractivity contribution in [3.8, 4) is 5.75 Å². The lowest BCUT2D eigenvalue weighted by atomic mass is 9.94. The van der Waals surface area contributed by atoms with E-state index in [0.29, 0.717) is 5.56 Å². The highest BCUT2D eigenvalue weighted by Crippen LogP contribution is 2.28. The summed E-state index contributed by atoms with van der Waals surface area (Å²) in [5.74, 6) is 0.552. The third kappa shape index (κ3) is 1.76. The minimum Gasteiger partial charge on any atom is -0.496 e. The standard InChI is InChI=1S/C12H15NO3/c1-15-11-4-3-9(12(14)16-2)8-5-6-13-7-10(8)11/h3-4,13H,5-7H2,1-2H3. The lowest BCUT2D eigenvalue weighted by Gasteiger charge is -2.21. The molecule has 0 aliphatic carbocycles. The number of rotatable bonds is 2. The highest BCUT2D eigenvalue weighted by molar-refractivity contribution is 5.92. The van der Waals surface area contributed by atoms with Crippen LogP contribution < -0.4 is 10.1 Å². The van der Waals surface area contributed by atoms with E-state index in [0.717, 1.165) is 36.4 Å². The molecule has 0 saturated carbocycles. The van der Waals surface area contributed by atoms with E-state index < -0.39 is 0 Å². The van der Waals surface area contributed by atoms with Crippen LogP contribution in [0.3, 0.4) is 0 Å². The zero-order valence-electron chi connectivity index (χ0n) is 9.50. The molecule has 16 heavy (non-hydrogen) atoms. The van der Waals surface area contributed by atoms with Crippen molar-refractivity contribution in [3.63, 3.8) is 0 Å². The molecule has 0 atom stereocenters. The van der Waals surface area contributed by atoms with Gasteiger partial charge in [-0.05, 0) is 30.7 Å². The van der Waals surface area contributed by atoms with Crippen LogP contribution in [0.2, 0.25) is 0 Å². The molecule has 1 aliphatic rings. The fourth-order valence-corrected chi connectivity index (χ4v) is 2.07. The summed E-state index contributed by atoms with van der Waals surface area (Å²) in [5.41, 5.74) is 2.77. The number of benzene rings is 1. The highest BCUT2D eigenvalue weighted by atomic mass is 16.5. The molecule has 0 saturated heterocycles. The molecular formula is C12H15NO3. The van der Waals surface area contributed by atoms with E-state index in [4.69, 9.17) is 9.47 Å². The molecule has 0 unspecified atom stereocenters. The van der Waals surface area contributed by atoms with Crippen molar-refractivity contribution in [2.45, 2.75) is 13.0 Å². The smallest absolute Gasteiger partial charge is 0.338 e. The molecule has 1 aromatic rings. The first-order chi connectivity index (χ1) is 7.77. The number of hydrogen-bond donors (Lipinski definition) is 1. The Hall–Kier alpha value is -1.55. The van der Waals surface area contributed by atoms with Crippen molar-refractivity contribution in [1.82, 2.24) is 5.32 Å². The van der Waals surface area contributed by atoms with Crippen LogP contribution in [0.25, 0.3) is 0 Å². The molecule has 0 spiro atoms. The summed E-state index contributed by atoms with van der Waals surface area (Å²) in [7, 11) is 3.04. The fraction of sp³-hybridized carbons (Fsp3) is 0.417. The Bertz CT molecular complexity index is 415. The predicted molar refractivity (Wildman–Crippen MR) is 59.7 cm³/mol. The van der Waals surface area contributed by atoms with Crippen LogP contribution in [0.1, 0.15) is 21.5 Å². The maximum absolute atomic E-state index is 11.6. The molecule has 1 heterocycles. The summed E-state index contributed by atoms with van der Waals surface area (Å²) in [6.45, 7) is 1.62. The molecule has 2 rings (SSSR count). The van der Waals surface area contributed by atoms with Crippen LogP contribution in [-0.4, -0.2) is 26.7 Å². The topological polar surface area (TPSA) is 47.6 Å². The number of nitrogens with one attached hydrogen (secondary N) is 1. The van der Waals surface area contributed by atoms with Crippen molar-refractivity contribution in [2.24, 2.45) is 0 Å². The monoisotopic (exact) mass is 221 g/mol. The van der Waals surface area contributed by atoms with E-state index in [1.807, 2.05) is 6.07 Å². The van der Waals surface area contributed by atoms with Crippen LogP contribution in [0, 0.1) is 0 Å². The van der Waals surface area contributed by atoms with E-state index >= 15 is 0 Å². The minimum atomic E-state index is -0.277. The number of fused-ring (bicyclic) bond motifs is 1. The first-order valence-corrected chi connectivity index (χ1v) is 5.25. The second-order valence-corrected chi connectivity index (χ2v) is 3.69. The Morgan fingerprint density at radius 1 is 1.31 bits per heavy atom. The summed E-state index contributed by atoms with van der Waals surface area (Å²) in [6.07, 6.45) is 0.830. The zero-order chi connectivity index (χ0) is 11.5. The van der Waals surface area contributed by atoms with E-state index in [-0.39, 0.29) is 5.97 Å². The number of ether oxygens (including phenoxy) is 2. The molecule has 4 heteroatoms. The van der Waals surface area contributed by atoms with E-state index in [1.54, 1.807) is 13.2 Å². The van der Waals surface area contributed by atoms with Gasteiger partial charge >= 0.3 is 5.97 Å². The van der Waals surface area contributed by atoms with Gasteiger partial charge in [0.2, 0.25) is 0 Å². The van der Waals surface area contributed by atoms with Gasteiger partial charge in [0, 0.05) is 12.1 Å². The minimum absolute atomic E-state index is 0.277.